The van der Waals surface area contributed by atoms with E-state index < -0.39 is 0 Å². The molecule has 2 nitrogen and oxygen atoms in total. The van der Waals surface area contributed by atoms with Crippen LogP contribution < -0.4 is 5.73 Å². The molecule has 0 radical (unpaired) electrons. The van der Waals surface area contributed by atoms with Crippen LogP contribution in [0.15, 0.2) is 60.7 Å². The molecule has 0 saturated carbocycles. The van der Waals surface area contributed by atoms with Crippen molar-refractivity contribution in [1.29, 1.82) is 0 Å². The number of anilines is 1. The fourth-order valence-electron chi connectivity index (χ4n) is 1.86. The third kappa shape index (κ3) is 4.11. The van der Waals surface area contributed by atoms with Crippen molar-refractivity contribution in [2.24, 2.45) is 0 Å². The lowest BCUT2D eigenvalue weighted by Gasteiger charge is -2.02. The highest BCUT2D eigenvalue weighted by atomic mass is 16.1. The van der Waals surface area contributed by atoms with Crippen LogP contribution in [0.5, 0.6) is 0 Å². The summed E-state index contributed by atoms with van der Waals surface area (Å²) in [4.78, 5) is 11.8. The van der Waals surface area contributed by atoms with Crippen LogP contribution in [-0.2, 0) is 11.2 Å². The average molecular weight is 251 g/mol. The SMILES string of the molecule is Nc1ccccc1CCC(=O)/C=C/c1ccccc1. The second-order valence-electron chi connectivity index (χ2n) is 4.41. The highest BCUT2D eigenvalue weighted by molar-refractivity contribution is 5.93. The van der Waals surface area contributed by atoms with E-state index >= 15 is 0 Å². The summed E-state index contributed by atoms with van der Waals surface area (Å²) in [6.45, 7) is 0. The third-order valence-electron chi connectivity index (χ3n) is 2.96. The first-order chi connectivity index (χ1) is 9.25. The van der Waals surface area contributed by atoms with Crippen LogP contribution in [0.2, 0.25) is 0 Å². The summed E-state index contributed by atoms with van der Waals surface area (Å²) >= 11 is 0. The third-order valence-corrected chi connectivity index (χ3v) is 2.96. The van der Waals surface area contributed by atoms with Crippen LogP contribution in [0.25, 0.3) is 6.08 Å². The lowest BCUT2D eigenvalue weighted by atomic mass is 10.1. The molecular formula is C17H17NO. The summed E-state index contributed by atoms with van der Waals surface area (Å²) in [5.74, 6) is 0.118. The molecular weight excluding hydrogens is 234 g/mol. The van der Waals surface area contributed by atoms with Crippen molar-refractivity contribution in [1.82, 2.24) is 0 Å². The molecule has 0 bridgehead atoms. The smallest absolute Gasteiger partial charge is 0.156 e. The van der Waals surface area contributed by atoms with Gasteiger partial charge in [-0.1, -0.05) is 54.6 Å². The van der Waals surface area contributed by atoms with E-state index in [0.29, 0.717) is 12.8 Å². The topological polar surface area (TPSA) is 43.1 Å². The number of allylic oxidation sites excluding steroid dienone is 1. The lowest BCUT2D eigenvalue weighted by molar-refractivity contribution is -0.114. The number of ketones is 1. The minimum Gasteiger partial charge on any atom is -0.399 e. The number of aryl methyl sites for hydroxylation is 1. The van der Waals surface area contributed by atoms with E-state index in [9.17, 15) is 4.79 Å². The summed E-state index contributed by atoms with van der Waals surface area (Å²) in [5, 5.41) is 0. The highest BCUT2D eigenvalue weighted by Gasteiger charge is 2.01. The molecule has 19 heavy (non-hydrogen) atoms. The van der Waals surface area contributed by atoms with Gasteiger partial charge in [-0.2, -0.15) is 0 Å². The molecule has 2 N–H and O–H groups in total. The van der Waals surface area contributed by atoms with Crippen molar-refractivity contribution in [2.45, 2.75) is 12.8 Å². The Morgan fingerprint density at radius 2 is 1.68 bits per heavy atom. The number of hydrogen-bond acceptors (Lipinski definition) is 2. The molecule has 0 fully saturated rings. The first-order valence-electron chi connectivity index (χ1n) is 6.35. The van der Waals surface area contributed by atoms with E-state index in [1.165, 1.54) is 0 Å². The van der Waals surface area contributed by atoms with E-state index in [-0.39, 0.29) is 5.78 Å². The van der Waals surface area contributed by atoms with Crippen molar-refractivity contribution in [3.05, 3.63) is 71.8 Å². The molecule has 0 aromatic heterocycles. The van der Waals surface area contributed by atoms with Crippen LogP contribution in [0, 0.1) is 0 Å². The monoisotopic (exact) mass is 251 g/mol. The number of rotatable bonds is 5. The fraction of sp³-hybridized carbons (Fsp3) is 0.118. The van der Waals surface area contributed by atoms with Crippen molar-refractivity contribution in [3.63, 3.8) is 0 Å². The molecule has 0 amide bonds. The first kappa shape index (κ1) is 13.1. The molecule has 0 saturated heterocycles. The van der Waals surface area contributed by atoms with Gasteiger partial charge in [0.05, 0.1) is 0 Å². The largest absolute Gasteiger partial charge is 0.399 e. The number of hydrogen-bond donors (Lipinski definition) is 1. The molecule has 2 rings (SSSR count). The molecule has 0 unspecified atom stereocenters. The number of carbonyl (C=O) groups excluding carboxylic acids is 1. The predicted octanol–water partition coefficient (Wildman–Crippen LogP) is 3.48. The van der Waals surface area contributed by atoms with Gasteiger partial charge in [-0.3, -0.25) is 4.79 Å². The second-order valence-corrected chi connectivity index (χ2v) is 4.41. The zero-order valence-electron chi connectivity index (χ0n) is 10.8. The van der Waals surface area contributed by atoms with Gasteiger partial charge < -0.3 is 5.73 Å². The van der Waals surface area contributed by atoms with Gasteiger partial charge in [0.1, 0.15) is 0 Å². The summed E-state index contributed by atoms with van der Waals surface area (Å²) in [6.07, 6.45) is 4.65. The Labute approximate surface area is 113 Å². The van der Waals surface area contributed by atoms with Crippen LogP contribution in [-0.4, -0.2) is 5.78 Å². The Kier molecular flexibility index (Phi) is 4.51. The van der Waals surface area contributed by atoms with Crippen LogP contribution >= 0.6 is 0 Å². The number of benzene rings is 2. The van der Waals surface area contributed by atoms with Gasteiger partial charge >= 0.3 is 0 Å². The lowest BCUT2D eigenvalue weighted by Crippen LogP contribution is -1.99. The van der Waals surface area contributed by atoms with Crippen molar-refractivity contribution in [2.75, 3.05) is 5.73 Å². The molecule has 0 atom stereocenters. The number of carbonyl (C=O) groups is 1. The Morgan fingerprint density at radius 1 is 1.00 bits per heavy atom. The van der Waals surface area contributed by atoms with E-state index in [1.54, 1.807) is 6.08 Å². The van der Waals surface area contributed by atoms with Gasteiger partial charge in [0.25, 0.3) is 0 Å². The van der Waals surface area contributed by atoms with Gasteiger partial charge in [0, 0.05) is 12.1 Å². The molecule has 0 aliphatic carbocycles. The van der Waals surface area contributed by atoms with Crippen molar-refractivity contribution in [3.8, 4) is 0 Å². The van der Waals surface area contributed by atoms with Crippen LogP contribution in [0.3, 0.4) is 0 Å². The summed E-state index contributed by atoms with van der Waals surface area (Å²) in [6, 6.07) is 17.5. The number of nitrogen functional groups attached to an aromatic ring is 1. The van der Waals surface area contributed by atoms with Gasteiger partial charge in [-0.05, 0) is 29.7 Å². The maximum atomic E-state index is 11.8. The van der Waals surface area contributed by atoms with E-state index in [1.807, 2.05) is 60.7 Å². The Balaban J connectivity index is 1.89. The van der Waals surface area contributed by atoms with Crippen LogP contribution in [0.1, 0.15) is 17.5 Å². The van der Waals surface area contributed by atoms with Gasteiger partial charge in [0.2, 0.25) is 0 Å². The van der Waals surface area contributed by atoms with E-state index in [4.69, 9.17) is 5.73 Å². The van der Waals surface area contributed by atoms with Crippen molar-refractivity contribution < 1.29 is 4.79 Å². The Hall–Kier alpha value is -2.35. The molecule has 0 spiro atoms. The summed E-state index contributed by atoms with van der Waals surface area (Å²) in [5.41, 5.74) is 8.66. The average Bonchev–Trinajstić information content (AvgIpc) is 2.45. The second kappa shape index (κ2) is 6.55. The van der Waals surface area contributed by atoms with Crippen LogP contribution in [0.4, 0.5) is 5.69 Å². The molecule has 0 aliphatic heterocycles. The zero-order chi connectivity index (χ0) is 13.5. The normalized spacial score (nSPS) is 10.7. The fourth-order valence-corrected chi connectivity index (χ4v) is 1.86. The molecule has 0 heterocycles. The quantitative estimate of drug-likeness (QED) is 0.653. The molecule has 96 valence electrons. The van der Waals surface area contributed by atoms with E-state index in [0.717, 1.165) is 16.8 Å². The maximum Gasteiger partial charge on any atom is 0.156 e. The number of nitrogens with two attached hydrogens (primary N) is 1. The molecule has 2 aromatic carbocycles. The van der Waals surface area contributed by atoms with Gasteiger partial charge in [0.15, 0.2) is 5.78 Å². The Morgan fingerprint density at radius 3 is 2.42 bits per heavy atom. The highest BCUT2D eigenvalue weighted by Crippen LogP contribution is 2.13. The predicted molar refractivity (Wildman–Crippen MR) is 79.7 cm³/mol. The van der Waals surface area contributed by atoms with Crippen molar-refractivity contribution >= 4 is 17.5 Å². The summed E-state index contributed by atoms with van der Waals surface area (Å²) in [7, 11) is 0. The first-order valence-corrected chi connectivity index (χ1v) is 6.35. The zero-order valence-corrected chi connectivity index (χ0v) is 10.8. The number of para-hydroxylation sites is 1. The Bertz CT molecular complexity index is 573. The summed E-state index contributed by atoms with van der Waals surface area (Å²) < 4.78 is 0. The van der Waals surface area contributed by atoms with Gasteiger partial charge in [-0.25, -0.2) is 0 Å². The standard InChI is InChI=1S/C17H17NO/c18-17-9-5-4-8-15(17)11-13-16(19)12-10-14-6-2-1-3-7-14/h1-10,12H,11,13,18H2/b12-10+. The minimum atomic E-state index is 0.118. The maximum absolute atomic E-state index is 11.8. The van der Waals surface area contributed by atoms with Gasteiger partial charge in [-0.15, -0.1) is 0 Å². The minimum absolute atomic E-state index is 0.118. The van der Waals surface area contributed by atoms with E-state index in [2.05, 4.69) is 0 Å². The molecule has 0 aliphatic rings. The molecule has 2 heteroatoms. The molecule has 2 aromatic rings.